The Labute approximate surface area is 116 Å². The highest BCUT2D eigenvalue weighted by atomic mass is 16.6. The molecule has 0 spiro atoms. The van der Waals surface area contributed by atoms with Crippen molar-refractivity contribution in [2.24, 2.45) is 23.2 Å². The molecule has 0 bridgehead atoms. The van der Waals surface area contributed by atoms with Crippen molar-refractivity contribution in [3.63, 3.8) is 0 Å². The molecule has 0 aromatic carbocycles. The Balaban J connectivity index is 2.33. The summed E-state index contributed by atoms with van der Waals surface area (Å²) in [6, 6.07) is 0. The van der Waals surface area contributed by atoms with Crippen LogP contribution in [0.1, 0.15) is 41.5 Å². The van der Waals surface area contributed by atoms with Crippen molar-refractivity contribution in [3.05, 3.63) is 0 Å². The zero-order chi connectivity index (χ0) is 14.8. The Morgan fingerprint density at radius 2 is 1.74 bits per heavy atom. The molecule has 0 heterocycles. The second kappa shape index (κ2) is 5.80. The highest BCUT2D eigenvalue weighted by Crippen LogP contribution is 2.45. The van der Waals surface area contributed by atoms with Gasteiger partial charge in [-0.15, -0.1) is 0 Å². The van der Waals surface area contributed by atoms with Gasteiger partial charge in [-0.1, -0.05) is 6.92 Å². The lowest BCUT2D eigenvalue weighted by atomic mass is 9.94. The van der Waals surface area contributed by atoms with Gasteiger partial charge in [-0.05, 0) is 52.4 Å². The van der Waals surface area contributed by atoms with Crippen molar-refractivity contribution in [1.29, 1.82) is 0 Å². The van der Waals surface area contributed by atoms with Crippen LogP contribution in [0.3, 0.4) is 0 Å². The monoisotopic (exact) mass is 272 g/mol. The average molecular weight is 272 g/mol. The van der Waals surface area contributed by atoms with Crippen molar-refractivity contribution >= 4 is 5.97 Å². The SMILES string of the molecule is CC1C(CO)C1COCC(C)(C)C(=O)OC(C)(C)C. The normalized spacial score (nSPS) is 27.2. The predicted molar refractivity (Wildman–Crippen MR) is 73.7 cm³/mol. The molecule has 1 saturated carbocycles. The van der Waals surface area contributed by atoms with Gasteiger partial charge in [0.2, 0.25) is 0 Å². The lowest BCUT2D eigenvalue weighted by molar-refractivity contribution is -0.169. The Morgan fingerprint density at radius 1 is 1.16 bits per heavy atom. The number of aliphatic hydroxyl groups excluding tert-OH is 1. The first-order chi connectivity index (χ1) is 8.58. The molecule has 1 aliphatic rings. The summed E-state index contributed by atoms with van der Waals surface area (Å²) in [5.74, 6) is 1.08. The molecule has 19 heavy (non-hydrogen) atoms. The van der Waals surface area contributed by atoms with Gasteiger partial charge in [0.15, 0.2) is 0 Å². The van der Waals surface area contributed by atoms with Gasteiger partial charge < -0.3 is 14.6 Å². The molecule has 1 rings (SSSR count). The minimum absolute atomic E-state index is 0.227. The van der Waals surface area contributed by atoms with Crippen LogP contribution in [0.2, 0.25) is 0 Å². The van der Waals surface area contributed by atoms with Crippen LogP contribution in [0, 0.1) is 23.2 Å². The molecule has 4 heteroatoms. The molecule has 0 radical (unpaired) electrons. The standard InChI is InChI=1S/C15H28O4/c1-10-11(7-16)12(10)8-18-9-15(5,6)13(17)19-14(2,3)4/h10-12,16H,7-9H2,1-6H3. The highest BCUT2D eigenvalue weighted by molar-refractivity contribution is 5.76. The summed E-state index contributed by atoms with van der Waals surface area (Å²) in [6.45, 7) is 12.6. The van der Waals surface area contributed by atoms with Gasteiger partial charge in [-0.3, -0.25) is 4.79 Å². The average Bonchev–Trinajstić information content (AvgIpc) is 2.85. The van der Waals surface area contributed by atoms with E-state index >= 15 is 0 Å². The van der Waals surface area contributed by atoms with E-state index in [1.54, 1.807) is 0 Å². The summed E-state index contributed by atoms with van der Waals surface area (Å²) in [7, 11) is 0. The van der Waals surface area contributed by atoms with E-state index < -0.39 is 11.0 Å². The molecule has 0 aromatic heterocycles. The first kappa shape index (κ1) is 16.4. The molecule has 3 unspecified atom stereocenters. The maximum absolute atomic E-state index is 12.0. The van der Waals surface area contributed by atoms with Gasteiger partial charge in [0.1, 0.15) is 5.60 Å². The van der Waals surface area contributed by atoms with Gasteiger partial charge in [0, 0.05) is 6.61 Å². The predicted octanol–water partition coefficient (Wildman–Crippen LogP) is 2.25. The second-order valence-electron chi connectivity index (χ2n) is 7.27. The molecule has 112 valence electrons. The summed E-state index contributed by atoms with van der Waals surface area (Å²) in [5, 5.41) is 9.09. The minimum Gasteiger partial charge on any atom is -0.459 e. The smallest absolute Gasteiger partial charge is 0.314 e. The fraction of sp³-hybridized carbons (Fsp3) is 0.933. The number of hydrogen-bond donors (Lipinski definition) is 1. The lowest BCUT2D eigenvalue weighted by Gasteiger charge is -2.28. The molecule has 0 aliphatic heterocycles. The Hall–Kier alpha value is -0.610. The third kappa shape index (κ3) is 4.77. The number of aliphatic hydroxyl groups is 1. The zero-order valence-corrected chi connectivity index (χ0v) is 13.0. The fourth-order valence-corrected chi connectivity index (χ4v) is 2.14. The van der Waals surface area contributed by atoms with E-state index in [1.165, 1.54) is 0 Å². The highest BCUT2D eigenvalue weighted by Gasteiger charge is 2.46. The van der Waals surface area contributed by atoms with Crippen molar-refractivity contribution < 1.29 is 19.4 Å². The van der Waals surface area contributed by atoms with Crippen LogP contribution in [-0.4, -0.2) is 36.5 Å². The van der Waals surface area contributed by atoms with Crippen LogP contribution in [0.15, 0.2) is 0 Å². The maximum Gasteiger partial charge on any atom is 0.314 e. The number of hydrogen-bond acceptors (Lipinski definition) is 4. The fourth-order valence-electron chi connectivity index (χ4n) is 2.14. The van der Waals surface area contributed by atoms with E-state index in [1.807, 2.05) is 34.6 Å². The Kier molecular flexibility index (Phi) is 5.02. The minimum atomic E-state index is -0.639. The zero-order valence-electron chi connectivity index (χ0n) is 13.0. The molecule has 0 amide bonds. The van der Waals surface area contributed by atoms with E-state index in [0.29, 0.717) is 31.0 Å². The van der Waals surface area contributed by atoms with Gasteiger partial charge in [0.05, 0.1) is 18.6 Å². The number of rotatable bonds is 6. The van der Waals surface area contributed by atoms with Crippen LogP contribution < -0.4 is 0 Å². The molecular weight excluding hydrogens is 244 g/mol. The van der Waals surface area contributed by atoms with Crippen LogP contribution in [0.5, 0.6) is 0 Å². The molecule has 0 saturated heterocycles. The van der Waals surface area contributed by atoms with E-state index in [4.69, 9.17) is 14.6 Å². The molecule has 0 aromatic rings. The number of esters is 1. The van der Waals surface area contributed by atoms with Crippen molar-refractivity contribution in [1.82, 2.24) is 0 Å². The third-order valence-electron chi connectivity index (χ3n) is 3.70. The summed E-state index contributed by atoms with van der Waals surface area (Å²) >= 11 is 0. The summed E-state index contributed by atoms with van der Waals surface area (Å²) in [4.78, 5) is 12.0. The summed E-state index contributed by atoms with van der Waals surface area (Å²) in [6.07, 6.45) is 0. The quantitative estimate of drug-likeness (QED) is 0.753. The second-order valence-corrected chi connectivity index (χ2v) is 7.27. The summed E-state index contributed by atoms with van der Waals surface area (Å²) < 4.78 is 11.0. The van der Waals surface area contributed by atoms with Crippen LogP contribution in [0.25, 0.3) is 0 Å². The van der Waals surface area contributed by atoms with Crippen molar-refractivity contribution in [2.75, 3.05) is 19.8 Å². The number of carbonyl (C=O) groups is 1. The third-order valence-corrected chi connectivity index (χ3v) is 3.70. The molecular formula is C15H28O4. The van der Waals surface area contributed by atoms with Crippen molar-refractivity contribution in [2.45, 2.75) is 47.1 Å². The van der Waals surface area contributed by atoms with Crippen molar-refractivity contribution in [3.8, 4) is 0 Å². The first-order valence-corrected chi connectivity index (χ1v) is 7.00. The van der Waals surface area contributed by atoms with Crippen LogP contribution in [-0.2, 0) is 14.3 Å². The molecule has 4 nitrogen and oxygen atoms in total. The van der Waals surface area contributed by atoms with E-state index in [0.717, 1.165) is 0 Å². The van der Waals surface area contributed by atoms with Gasteiger partial charge in [-0.25, -0.2) is 0 Å². The Morgan fingerprint density at radius 3 is 2.16 bits per heavy atom. The van der Waals surface area contributed by atoms with Gasteiger partial charge in [0.25, 0.3) is 0 Å². The van der Waals surface area contributed by atoms with Crippen LogP contribution in [0.4, 0.5) is 0 Å². The summed E-state index contributed by atoms with van der Waals surface area (Å²) in [5.41, 5.74) is -1.11. The topological polar surface area (TPSA) is 55.8 Å². The molecule has 1 fully saturated rings. The van der Waals surface area contributed by atoms with Crippen LogP contribution >= 0.6 is 0 Å². The van der Waals surface area contributed by atoms with E-state index in [2.05, 4.69) is 6.92 Å². The molecule has 1 aliphatic carbocycles. The van der Waals surface area contributed by atoms with Gasteiger partial charge >= 0.3 is 5.97 Å². The Bertz CT molecular complexity index is 317. The molecule has 3 atom stereocenters. The maximum atomic E-state index is 12.0. The van der Waals surface area contributed by atoms with E-state index in [9.17, 15) is 4.79 Å². The number of ether oxygens (including phenoxy) is 2. The van der Waals surface area contributed by atoms with E-state index in [-0.39, 0.29) is 12.6 Å². The first-order valence-electron chi connectivity index (χ1n) is 7.00. The lowest BCUT2D eigenvalue weighted by Crippen LogP contribution is -2.37. The number of carbonyl (C=O) groups excluding carboxylic acids is 1. The molecule has 1 N–H and O–H groups in total. The largest absolute Gasteiger partial charge is 0.459 e. The van der Waals surface area contributed by atoms with Gasteiger partial charge in [-0.2, -0.15) is 0 Å².